The molecular weight excluding hydrogens is 160 g/mol. The Hall–Kier alpha value is -1.08. The second kappa shape index (κ2) is 3.54. The largest absolute Gasteiger partial charge is 0.0616 e. The third kappa shape index (κ3) is 1.41. The van der Waals surface area contributed by atoms with E-state index in [2.05, 4.69) is 49.4 Å². The van der Waals surface area contributed by atoms with E-state index in [1.54, 1.807) is 0 Å². The molecule has 4 radical (unpaired) electrons. The maximum absolute atomic E-state index is 2.16. The first-order chi connectivity index (χ1) is 5.38. The number of aryl methyl sites for hydroxylation is 1. The zero-order valence-electron chi connectivity index (χ0n) is 7.04. The molecule has 0 aliphatic heterocycles. The SMILES string of the molecule is Cc1cccc2ccccc12.[Si]. The molecule has 0 heterocycles. The van der Waals surface area contributed by atoms with Crippen molar-refractivity contribution in [3.8, 4) is 0 Å². The molecular formula is C11H10Si. The van der Waals surface area contributed by atoms with Crippen LogP contribution in [0.3, 0.4) is 0 Å². The molecule has 0 aliphatic carbocycles. The van der Waals surface area contributed by atoms with Gasteiger partial charge >= 0.3 is 0 Å². The zero-order valence-corrected chi connectivity index (χ0v) is 8.04. The first-order valence-corrected chi connectivity index (χ1v) is 3.82. The Balaban J connectivity index is 0.000000720. The average molecular weight is 170 g/mol. The molecule has 0 aliphatic rings. The second-order valence-electron chi connectivity index (χ2n) is 2.80. The minimum Gasteiger partial charge on any atom is -0.0616 e. The van der Waals surface area contributed by atoms with Crippen LogP contribution >= 0.6 is 0 Å². The van der Waals surface area contributed by atoms with Crippen LogP contribution in [0.25, 0.3) is 10.8 Å². The van der Waals surface area contributed by atoms with Gasteiger partial charge in [-0.3, -0.25) is 0 Å². The first kappa shape index (κ1) is 9.01. The van der Waals surface area contributed by atoms with E-state index in [-0.39, 0.29) is 11.0 Å². The van der Waals surface area contributed by atoms with Crippen molar-refractivity contribution in [1.29, 1.82) is 0 Å². The minimum atomic E-state index is 0. The molecule has 1 heteroatoms. The third-order valence-electron chi connectivity index (χ3n) is 2.01. The van der Waals surface area contributed by atoms with Gasteiger partial charge in [-0.05, 0) is 23.3 Å². The molecule has 2 aromatic carbocycles. The normalized spacial score (nSPS) is 9.42. The molecule has 2 rings (SSSR count). The summed E-state index contributed by atoms with van der Waals surface area (Å²) in [5.74, 6) is 0. The number of fused-ring (bicyclic) bond motifs is 1. The molecule has 0 atom stereocenters. The molecule has 58 valence electrons. The van der Waals surface area contributed by atoms with E-state index in [0.29, 0.717) is 0 Å². The summed E-state index contributed by atoms with van der Waals surface area (Å²) < 4.78 is 0. The maximum Gasteiger partial charge on any atom is 0 e. The number of rotatable bonds is 0. The molecule has 12 heavy (non-hydrogen) atoms. The highest BCUT2D eigenvalue weighted by Crippen LogP contribution is 2.16. The predicted molar refractivity (Wildman–Crippen MR) is 54.4 cm³/mol. The Morgan fingerprint density at radius 1 is 0.833 bits per heavy atom. The fraction of sp³-hybridized carbons (Fsp3) is 0.0909. The van der Waals surface area contributed by atoms with Gasteiger partial charge in [0.25, 0.3) is 0 Å². The summed E-state index contributed by atoms with van der Waals surface area (Å²) in [4.78, 5) is 0. The highest BCUT2D eigenvalue weighted by molar-refractivity contribution is 5.85. The van der Waals surface area contributed by atoms with Crippen molar-refractivity contribution in [2.45, 2.75) is 6.92 Å². The van der Waals surface area contributed by atoms with E-state index in [1.807, 2.05) is 0 Å². The molecule has 0 spiro atoms. The van der Waals surface area contributed by atoms with Crippen LogP contribution in [0.4, 0.5) is 0 Å². The van der Waals surface area contributed by atoms with Gasteiger partial charge in [-0.15, -0.1) is 0 Å². The van der Waals surface area contributed by atoms with Gasteiger partial charge in [-0.25, -0.2) is 0 Å². The standard InChI is InChI=1S/C11H10.Si/c1-9-5-4-7-10-6-2-3-8-11(9)10;/h2-8H,1H3;. The lowest BCUT2D eigenvalue weighted by Crippen LogP contribution is -1.75. The van der Waals surface area contributed by atoms with E-state index in [0.717, 1.165) is 0 Å². The lowest BCUT2D eigenvalue weighted by molar-refractivity contribution is 1.53. The molecule has 0 bridgehead atoms. The van der Waals surface area contributed by atoms with Crippen molar-refractivity contribution in [3.63, 3.8) is 0 Å². The summed E-state index contributed by atoms with van der Waals surface area (Å²) in [5, 5.41) is 2.68. The van der Waals surface area contributed by atoms with Gasteiger partial charge in [-0.2, -0.15) is 0 Å². The van der Waals surface area contributed by atoms with Crippen molar-refractivity contribution in [2.24, 2.45) is 0 Å². The first-order valence-electron chi connectivity index (χ1n) is 3.82. The van der Waals surface area contributed by atoms with Crippen LogP contribution in [0.15, 0.2) is 42.5 Å². The smallest absolute Gasteiger partial charge is 0 e. The minimum absolute atomic E-state index is 0. The van der Waals surface area contributed by atoms with E-state index >= 15 is 0 Å². The number of hydrogen-bond acceptors (Lipinski definition) is 0. The molecule has 0 saturated carbocycles. The Labute approximate surface area is 77.3 Å². The van der Waals surface area contributed by atoms with E-state index < -0.39 is 0 Å². The van der Waals surface area contributed by atoms with Gasteiger partial charge in [0.1, 0.15) is 0 Å². The summed E-state index contributed by atoms with van der Waals surface area (Å²) in [5.41, 5.74) is 1.35. The highest BCUT2D eigenvalue weighted by atomic mass is 28.1. The van der Waals surface area contributed by atoms with Crippen LogP contribution in [0.2, 0.25) is 0 Å². The van der Waals surface area contributed by atoms with Gasteiger partial charge in [0.05, 0.1) is 0 Å². The molecule has 0 saturated heterocycles. The van der Waals surface area contributed by atoms with Gasteiger partial charge < -0.3 is 0 Å². The third-order valence-corrected chi connectivity index (χ3v) is 2.01. The van der Waals surface area contributed by atoms with Crippen LogP contribution < -0.4 is 0 Å². The Morgan fingerprint density at radius 3 is 2.25 bits per heavy atom. The van der Waals surface area contributed by atoms with Crippen LogP contribution in [0.1, 0.15) is 5.56 Å². The van der Waals surface area contributed by atoms with E-state index in [9.17, 15) is 0 Å². The average Bonchev–Trinajstić information content (AvgIpc) is 2.06. The Kier molecular flexibility index (Phi) is 2.66. The molecule has 2 aromatic rings. The van der Waals surface area contributed by atoms with Crippen LogP contribution in [-0.2, 0) is 0 Å². The molecule has 0 N–H and O–H groups in total. The summed E-state index contributed by atoms with van der Waals surface area (Å²) in [6.07, 6.45) is 0. The topological polar surface area (TPSA) is 0 Å². The van der Waals surface area contributed by atoms with Gasteiger partial charge in [0.15, 0.2) is 0 Å². The summed E-state index contributed by atoms with van der Waals surface area (Å²) in [6.45, 7) is 2.14. The molecule has 0 aromatic heterocycles. The maximum atomic E-state index is 2.16. The second-order valence-corrected chi connectivity index (χ2v) is 2.80. The van der Waals surface area contributed by atoms with Crippen LogP contribution in [-0.4, -0.2) is 11.0 Å². The fourth-order valence-corrected chi connectivity index (χ4v) is 1.39. The van der Waals surface area contributed by atoms with Crippen molar-refractivity contribution in [3.05, 3.63) is 48.0 Å². The van der Waals surface area contributed by atoms with Crippen molar-refractivity contribution in [2.75, 3.05) is 0 Å². The van der Waals surface area contributed by atoms with Gasteiger partial charge in [0, 0.05) is 11.0 Å². The molecule has 0 amide bonds. The van der Waals surface area contributed by atoms with Gasteiger partial charge in [-0.1, -0.05) is 42.5 Å². The van der Waals surface area contributed by atoms with E-state index in [1.165, 1.54) is 16.3 Å². The van der Waals surface area contributed by atoms with Crippen molar-refractivity contribution >= 4 is 21.7 Å². The summed E-state index contributed by atoms with van der Waals surface area (Å²) >= 11 is 0. The van der Waals surface area contributed by atoms with Crippen molar-refractivity contribution < 1.29 is 0 Å². The predicted octanol–water partition coefficient (Wildman–Crippen LogP) is 2.77. The molecule has 0 unspecified atom stereocenters. The lowest BCUT2D eigenvalue weighted by Gasteiger charge is -1.98. The fourth-order valence-electron chi connectivity index (χ4n) is 1.39. The molecule has 0 fully saturated rings. The van der Waals surface area contributed by atoms with Crippen LogP contribution in [0, 0.1) is 6.92 Å². The number of benzene rings is 2. The number of hydrogen-bond donors (Lipinski definition) is 0. The lowest BCUT2D eigenvalue weighted by atomic mass is 10.1. The van der Waals surface area contributed by atoms with E-state index in [4.69, 9.17) is 0 Å². The summed E-state index contributed by atoms with van der Waals surface area (Å²) in [6, 6.07) is 14.8. The Bertz CT molecular complexity index is 374. The molecule has 0 nitrogen and oxygen atoms in total. The van der Waals surface area contributed by atoms with Crippen molar-refractivity contribution in [1.82, 2.24) is 0 Å². The zero-order chi connectivity index (χ0) is 7.68. The quantitative estimate of drug-likeness (QED) is 0.533. The van der Waals surface area contributed by atoms with Gasteiger partial charge in [0.2, 0.25) is 0 Å². The Morgan fingerprint density at radius 2 is 1.50 bits per heavy atom. The summed E-state index contributed by atoms with van der Waals surface area (Å²) in [7, 11) is 0. The van der Waals surface area contributed by atoms with Crippen LogP contribution in [0.5, 0.6) is 0 Å². The monoisotopic (exact) mass is 170 g/mol. The highest BCUT2D eigenvalue weighted by Gasteiger charge is 1.91.